The number of rotatable bonds is 6. The van der Waals surface area contributed by atoms with E-state index in [-0.39, 0.29) is 11.6 Å². The van der Waals surface area contributed by atoms with E-state index in [1.54, 1.807) is 12.1 Å². The van der Waals surface area contributed by atoms with Gasteiger partial charge in [-0.2, -0.15) is 0 Å². The van der Waals surface area contributed by atoms with Gasteiger partial charge in [-0.15, -0.1) is 10.2 Å². The Morgan fingerprint density at radius 3 is 2.29 bits per heavy atom. The van der Waals surface area contributed by atoms with Crippen molar-refractivity contribution >= 4 is 21.7 Å². The fourth-order valence-electron chi connectivity index (χ4n) is 2.58. The SMILES string of the molecule is CCCS(=O)(=O)Nc1ccc(NC2CCCCCC2)nn1. The van der Waals surface area contributed by atoms with E-state index in [0.717, 1.165) is 12.8 Å². The second-order valence-electron chi connectivity index (χ2n) is 5.56. The van der Waals surface area contributed by atoms with Crippen LogP contribution in [-0.2, 0) is 10.0 Å². The van der Waals surface area contributed by atoms with E-state index < -0.39 is 10.0 Å². The van der Waals surface area contributed by atoms with Gasteiger partial charge in [-0.05, 0) is 31.4 Å². The molecule has 1 aromatic heterocycles. The highest BCUT2D eigenvalue weighted by molar-refractivity contribution is 7.92. The van der Waals surface area contributed by atoms with Crippen LogP contribution in [0.2, 0.25) is 0 Å². The molecule has 1 aliphatic carbocycles. The molecule has 0 radical (unpaired) electrons. The molecule has 1 aromatic rings. The lowest BCUT2D eigenvalue weighted by molar-refractivity contribution is 0.599. The molecule has 1 saturated carbocycles. The third-order valence-corrected chi connectivity index (χ3v) is 5.07. The molecule has 0 spiro atoms. The summed E-state index contributed by atoms with van der Waals surface area (Å²) in [6, 6.07) is 3.88. The summed E-state index contributed by atoms with van der Waals surface area (Å²) in [6.07, 6.45) is 8.01. The first-order valence-corrected chi connectivity index (χ1v) is 9.35. The van der Waals surface area contributed by atoms with E-state index in [1.165, 1.54) is 25.7 Å². The third-order valence-electron chi connectivity index (χ3n) is 3.60. The van der Waals surface area contributed by atoms with Gasteiger partial charge in [-0.3, -0.25) is 4.72 Å². The third kappa shape index (κ3) is 5.49. The summed E-state index contributed by atoms with van der Waals surface area (Å²) >= 11 is 0. The number of nitrogens with one attached hydrogen (secondary N) is 2. The molecular formula is C14H24N4O2S. The zero-order valence-electron chi connectivity index (χ0n) is 12.5. The van der Waals surface area contributed by atoms with Gasteiger partial charge in [0.25, 0.3) is 0 Å². The minimum Gasteiger partial charge on any atom is -0.366 e. The number of aromatic nitrogens is 2. The van der Waals surface area contributed by atoms with E-state index in [4.69, 9.17) is 0 Å². The maximum atomic E-state index is 11.6. The molecule has 0 aliphatic heterocycles. The summed E-state index contributed by atoms with van der Waals surface area (Å²) < 4.78 is 25.7. The fourth-order valence-corrected chi connectivity index (χ4v) is 3.64. The van der Waals surface area contributed by atoms with Gasteiger partial charge in [0.15, 0.2) is 5.82 Å². The Kier molecular flexibility index (Phi) is 5.78. The van der Waals surface area contributed by atoms with Gasteiger partial charge in [0, 0.05) is 6.04 Å². The minimum absolute atomic E-state index is 0.0940. The molecule has 21 heavy (non-hydrogen) atoms. The maximum absolute atomic E-state index is 11.6. The van der Waals surface area contributed by atoms with E-state index in [0.29, 0.717) is 18.3 Å². The molecule has 7 heteroatoms. The molecule has 6 nitrogen and oxygen atoms in total. The minimum atomic E-state index is -3.30. The topological polar surface area (TPSA) is 84.0 Å². The molecule has 0 amide bonds. The predicted molar refractivity (Wildman–Crippen MR) is 84.8 cm³/mol. The molecule has 2 N–H and O–H groups in total. The van der Waals surface area contributed by atoms with Crippen LogP contribution in [0.25, 0.3) is 0 Å². The second-order valence-corrected chi connectivity index (χ2v) is 7.40. The van der Waals surface area contributed by atoms with Gasteiger partial charge < -0.3 is 5.32 Å². The highest BCUT2D eigenvalue weighted by Crippen LogP contribution is 2.20. The fraction of sp³-hybridized carbons (Fsp3) is 0.714. The standard InChI is InChI=1S/C14H24N4O2S/c1-2-11-21(19,20)18-14-10-9-13(16-17-14)15-12-7-5-3-4-6-8-12/h9-10,12H,2-8,11H2,1H3,(H,15,16)(H,17,18). The van der Waals surface area contributed by atoms with Crippen molar-refractivity contribution in [2.24, 2.45) is 0 Å². The van der Waals surface area contributed by atoms with E-state index in [2.05, 4.69) is 20.2 Å². The summed E-state index contributed by atoms with van der Waals surface area (Å²) in [5.74, 6) is 1.08. The van der Waals surface area contributed by atoms with Crippen LogP contribution >= 0.6 is 0 Å². The van der Waals surface area contributed by atoms with Gasteiger partial charge in [-0.25, -0.2) is 8.42 Å². The molecule has 0 unspecified atom stereocenters. The van der Waals surface area contributed by atoms with Crippen molar-refractivity contribution in [3.63, 3.8) is 0 Å². The second kappa shape index (κ2) is 7.59. The molecule has 0 bridgehead atoms. The van der Waals surface area contributed by atoms with Gasteiger partial charge in [-0.1, -0.05) is 32.6 Å². The van der Waals surface area contributed by atoms with Gasteiger partial charge in [0.2, 0.25) is 10.0 Å². The molecule has 1 aliphatic rings. The number of hydrogen-bond donors (Lipinski definition) is 2. The molecule has 0 atom stereocenters. The van der Waals surface area contributed by atoms with Gasteiger partial charge in [0.1, 0.15) is 5.82 Å². The summed E-state index contributed by atoms with van der Waals surface area (Å²) in [5, 5.41) is 11.4. The van der Waals surface area contributed by atoms with Crippen molar-refractivity contribution < 1.29 is 8.42 Å². The lowest BCUT2D eigenvalue weighted by Gasteiger charge is -2.16. The van der Waals surface area contributed by atoms with Crippen LogP contribution in [0.1, 0.15) is 51.9 Å². The molecule has 1 heterocycles. The van der Waals surface area contributed by atoms with Crippen molar-refractivity contribution in [3.05, 3.63) is 12.1 Å². The monoisotopic (exact) mass is 312 g/mol. The highest BCUT2D eigenvalue weighted by Gasteiger charge is 2.13. The highest BCUT2D eigenvalue weighted by atomic mass is 32.2. The zero-order chi connectivity index (χ0) is 15.1. The quantitative estimate of drug-likeness (QED) is 0.789. The summed E-state index contributed by atoms with van der Waals surface area (Å²) in [6.45, 7) is 1.82. The lowest BCUT2D eigenvalue weighted by Crippen LogP contribution is -2.20. The van der Waals surface area contributed by atoms with Crippen LogP contribution in [0.15, 0.2) is 12.1 Å². The van der Waals surface area contributed by atoms with E-state index >= 15 is 0 Å². The van der Waals surface area contributed by atoms with Crippen molar-refractivity contribution in [2.75, 3.05) is 15.8 Å². The number of sulfonamides is 1. The van der Waals surface area contributed by atoms with Crippen LogP contribution in [-0.4, -0.2) is 30.4 Å². The Morgan fingerprint density at radius 1 is 1.10 bits per heavy atom. The largest absolute Gasteiger partial charge is 0.366 e. The van der Waals surface area contributed by atoms with Crippen LogP contribution in [0, 0.1) is 0 Å². The van der Waals surface area contributed by atoms with Gasteiger partial charge in [0.05, 0.1) is 5.75 Å². The average molecular weight is 312 g/mol. The van der Waals surface area contributed by atoms with Crippen LogP contribution in [0.4, 0.5) is 11.6 Å². The normalized spacial score (nSPS) is 17.2. The lowest BCUT2D eigenvalue weighted by atomic mass is 10.1. The Hall–Kier alpha value is -1.37. The maximum Gasteiger partial charge on any atom is 0.233 e. The van der Waals surface area contributed by atoms with Gasteiger partial charge >= 0.3 is 0 Å². The Morgan fingerprint density at radius 2 is 1.71 bits per heavy atom. The number of nitrogens with zero attached hydrogens (tertiary/aromatic N) is 2. The first-order chi connectivity index (χ1) is 10.1. The predicted octanol–water partition coefficient (Wildman–Crippen LogP) is 2.76. The van der Waals surface area contributed by atoms with Crippen molar-refractivity contribution in [1.29, 1.82) is 0 Å². The summed E-state index contributed by atoms with van der Waals surface area (Å²) in [4.78, 5) is 0. The summed E-state index contributed by atoms with van der Waals surface area (Å²) in [7, 11) is -3.30. The van der Waals surface area contributed by atoms with E-state index in [9.17, 15) is 8.42 Å². The van der Waals surface area contributed by atoms with E-state index in [1.807, 2.05) is 6.92 Å². The molecular weight excluding hydrogens is 288 g/mol. The average Bonchev–Trinajstić information content (AvgIpc) is 2.69. The smallest absolute Gasteiger partial charge is 0.233 e. The van der Waals surface area contributed by atoms with Crippen LogP contribution < -0.4 is 10.0 Å². The first-order valence-electron chi connectivity index (χ1n) is 7.70. The van der Waals surface area contributed by atoms with Crippen molar-refractivity contribution in [3.8, 4) is 0 Å². The van der Waals surface area contributed by atoms with Crippen LogP contribution in [0.5, 0.6) is 0 Å². The molecule has 0 saturated heterocycles. The molecule has 0 aromatic carbocycles. The number of hydrogen-bond acceptors (Lipinski definition) is 5. The Labute approximate surface area is 126 Å². The summed E-state index contributed by atoms with van der Waals surface area (Å²) in [5.41, 5.74) is 0. The molecule has 118 valence electrons. The van der Waals surface area contributed by atoms with Crippen molar-refractivity contribution in [1.82, 2.24) is 10.2 Å². The molecule has 2 rings (SSSR count). The van der Waals surface area contributed by atoms with Crippen LogP contribution in [0.3, 0.4) is 0 Å². The zero-order valence-corrected chi connectivity index (χ0v) is 13.3. The molecule has 1 fully saturated rings. The Bertz CT molecular complexity index is 522. The Balaban J connectivity index is 1.92. The number of anilines is 2. The van der Waals surface area contributed by atoms with Crippen molar-refractivity contribution in [2.45, 2.75) is 57.9 Å². The first kappa shape index (κ1) is 16.0.